The van der Waals surface area contributed by atoms with Gasteiger partial charge in [0, 0.05) is 47.1 Å². The van der Waals surface area contributed by atoms with E-state index in [4.69, 9.17) is 4.98 Å². The second-order valence-electron chi connectivity index (χ2n) is 6.11. The molecule has 0 spiro atoms. The predicted octanol–water partition coefficient (Wildman–Crippen LogP) is 3.03. The predicted molar refractivity (Wildman–Crippen MR) is 100 cm³/mol. The number of benzene rings is 1. The van der Waals surface area contributed by atoms with Gasteiger partial charge in [-0.1, -0.05) is 24.3 Å². The fourth-order valence-electron chi connectivity index (χ4n) is 3.23. The first-order valence-corrected chi connectivity index (χ1v) is 8.61. The maximum absolute atomic E-state index is 4.93. The van der Waals surface area contributed by atoms with Crippen LogP contribution in [-0.4, -0.2) is 29.7 Å². The molecule has 0 saturated carbocycles. The van der Waals surface area contributed by atoms with Crippen LogP contribution in [0.4, 0.5) is 0 Å². The number of halogens is 1. The van der Waals surface area contributed by atoms with Gasteiger partial charge in [0.25, 0.3) is 0 Å². The van der Waals surface area contributed by atoms with E-state index in [1.807, 2.05) is 0 Å². The van der Waals surface area contributed by atoms with E-state index in [1.165, 1.54) is 28.6 Å². The van der Waals surface area contributed by atoms with E-state index < -0.39 is 0 Å². The van der Waals surface area contributed by atoms with E-state index in [9.17, 15) is 0 Å². The SMILES string of the molecule is Cl.Cn1cc(-c2nc(C3=CCC[NH+](C)C3)cs2)c2ccccc21. The first-order valence-electron chi connectivity index (χ1n) is 7.73. The number of fused-ring (bicyclic) bond motifs is 1. The highest BCUT2D eigenvalue weighted by atomic mass is 35.5. The number of aromatic nitrogens is 2. The number of quaternary nitrogens is 1. The Labute approximate surface area is 146 Å². The van der Waals surface area contributed by atoms with Crippen LogP contribution >= 0.6 is 23.7 Å². The molecule has 120 valence electrons. The Balaban J connectivity index is 0.00000156. The van der Waals surface area contributed by atoms with Gasteiger partial charge in [0.05, 0.1) is 19.3 Å². The van der Waals surface area contributed by atoms with Gasteiger partial charge in [-0.05, 0) is 6.07 Å². The molecule has 1 N–H and O–H groups in total. The van der Waals surface area contributed by atoms with E-state index in [-0.39, 0.29) is 12.4 Å². The normalized spacial score (nSPS) is 17.8. The highest BCUT2D eigenvalue weighted by molar-refractivity contribution is 7.13. The third kappa shape index (κ3) is 2.94. The zero-order valence-corrected chi connectivity index (χ0v) is 15.0. The summed E-state index contributed by atoms with van der Waals surface area (Å²) in [5.41, 5.74) is 5.06. The van der Waals surface area contributed by atoms with Crippen LogP contribution in [0, 0.1) is 0 Å². The second kappa shape index (κ2) is 6.48. The molecule has 3 aromatic rings. The van der Waals surface area contributed by atoms with E-state index in [1.54, 1.807) is 16.2 Å². The molecule has 1 aliphatic heterocycles. The molecule has 3 nitrogen and oxygen atoms in total. The summed E-state index contributed by atoms with van der Waals surface area (Å²) in [5.74, 6) is 0. The van der Waals surface area contributed by atoms with Crippen molar-refractivity contribution in [1.29, 1.82) is 0 Å². The Hall–Kier alpha value is -1.62. The van der Waals surface area contributed by atoms with Crippen molar-refractivity contribution in [2.45, 2.75) is 6.42 Å². The van der Waals surface area contributed by atoms with Gasteiger partial charge in [0.2, 0.25) is 0 Å². The third-order valence-corrected chi connectivity index (χ3v) is 5.29. The summed E-state index contributed by atoms with van der Waals surface area (Å²) in [6.45, 7) is 2.31. The molecule has 1 aromatic carbocycles. The van der Waals surface area contributed by atoms with E-state index in [0.29, 0.717) is 0 Å². The fourth-order valence-corrected chi connectivity index (χ4v) is 4.10. The lowest BCUT2D eigenvalue weighted by atomic mass is 10.1. The van der Waals surface area contributed by atoms with Gasteiger partial charge in [-0.2, -0.15) is 0 Å². The van der Waals surface area contributed by atoms with E-state index >= 15 is 0 Å². The van der Waals surface area contributed by atoms with Crippen LogP contribution in [0.2, 0.25) is 0 Å². The maximum atomic E-state index is 4.93. The maximum Gasteiger partial charge on any atom is 0.126 e. The second-order valence-corrected chi connectivity index (χ2v) is 6.97. The average molecular weight is 347 g/mol. The van der Waals surface area contributed by atoms with Crippen molar-refractivity contribution in [2.24, 2.45) is 7.05 Å². The molecule has 1 atom stereocenters. The molecule has 0 radical (unpaired) electrons. The number of hydrogen-bond donors (Lipinski definition) is 1. The standard InChI is InChI=1S/C18H19N3S.ClH/c1-20-9-5-6-13(10-20)16-12-22-18(19-16)15-11-21(2)17-8-4-3-7-14(15)17;/h3-4,6-8,11-12H,5,9-10H2,1-2H3;1H/p+1. The molecule has 23 heavy (non-hydrogen) atoms. The first kappa shape index (κ1) is 16.2. The van der Waals surface area contributed by atoms with Crippen LogP contribution in [0.3, 0.4) is 0 Å². The van der Waals surface area contributed by atoms with Gasteiger partial charge in [-0.25, -0.2) is 4.98 Å². The monoisotopic (exact) mass is 346 g/mol. The Morgan fingerprint density at radius 3 is 2.91 bits per heavy atom. The molecule has 4 rings (SSSR count). The minimum atomic E-state index is 0. The Morgan fingerprint density at radius 1 is 1.26 bits per heavy atom. The van der Waals surface area contributed by atoms with Crippen molar-refractivity contribution in [1.82, 2.24) is 9.55 Å². The molecule has 1 unspecified atom stereocenters. The van der Waals surface area contributed by atoms with Crippen LogP contribution in [0.5, 0.6) is 0 Å². The number of nitrogens with one attached hydrogen (secondary N) is 1. The molecular weight excluding hydrogens is 326 g/mol. The van der Waals surface area contributed by atoms with Crippen LogP contribution in [0.15, 0.2) is 41.9 Å². The minimum absolute atomic E-state index is 0. The van der Waals surface area contributed by atoms with Crippen molar-refractivity contribution in [3.05, 3.63) is 47.6 Å². The fraction of sp³-hybridized carbons (Fsp3) is 0.278. The summed E-state index contributed by atoms with van der Waals surface area (Å²) in [5, 5.41) is 4.61. The topological polar surface area (TPSA) is 22.3 Å². The highest BCUT2D eigenvalue weighted by Crippen LogP contribution is 2.33. The van der Waals surface area contributed by atoms with Crippen LogP contribution in [0.1, 0.15) is 12.1 Å². The van der Waals surface area contributed by atoms with Gasteiger partial charge in [-0.15, -0.1) is 23.7 Å². The van der Waals surface area contributed by atoms with Gasteiger partial charge in [0.1, 0.15) is 11.6 Å². The minimum Gasteiger partial charge on any atom is -0.350 e. The summed E-state index contributed by atoms with van der Waals surface area (Å²) < 4.78 is 2.18. The van der Waals surface area contributed by atoms with E-state index in [2.05, 4.69) is 60.6 Å². The van der Waals surface area contributed by atoms with E-state index in [0.717, 1.165) is 23.7 Å². The molecule has 0 bridgehead atoms. The summed E-state index contributed by atoms with van der Waals surface area (Å²) in [4.78, 5) is 6.49. The Bertz CT molecular complexity index is 862. The number of para-hydroxylation sites is 1. The van der Waals surface area contributed by atoms with Crippen molar-refractivity contribution in [3.8, 4) is 10.6 Å². The van der Waals surface area contributed by atoms with Crippen LogP contribution < -0.4 is 4.90 Å². The number of rotatable bonds is 2. The first-order chi connectivity index (χ1) is 10.7. The molecule has 0 saturated heterocycles. The Morgan fingerprint density at radius 2 is 2.09 bits per heavy atom. The smallest absolute Gasteiger partial charge is 0.126 e. The number of likely N-dealkylation sites (N-methyl/N-ethyl adjacent to an activating group) is 1. The molecule has 0 fully saturated rings. The van der Waals surface area contributed by atoms with Crippen molar-refractivity contribution in [2.75, 3.05) is 20.1 Å². The van der Waals surface area contributed by atoms with Crippen molar-refractivity contribution in [3.63, 3.8) is 0 Å². The van der Waals surface area contributed by atoms with Crippen molar-refractivity contribution >= 4 is 40.2 Å². The van der Waals surface area contributed by atoms with Gasteiger partial charge >= 0.3 is 0 Å². The largest absolute Gasteiger partial charge is 0.350 e. The average Bonchev–Trinajstić information content (AvgIpc) is 3.13. The molecule has 5 heteroatoms. The van der Waals surface area contributed by atoms with Crippen LogP contribution in [0.25, 0.3) is 27.0 Å². The molecule has 0 amide bonds. The molecule has 2 aromatic heterocycles. The lowest BCUT2D eigenvalue weighted by Crippen LogP contribution is -3.09. The lowest BCUT2D eigenvalue weighted by Gasteiger charge is -2.18. The van der Waals surface area contributed by atoms with Gasteiger partial charge < -0.3 is 9.47 Å². The lowest BCUT2D eigenvalue weighted by molar-refractivity contribution is -0.872. The number of hydrogen-bond acceptors (Lipinski definition) is 2. The zero-order valence-electron chi connectivity index (χ0n) is 13.4. The molecular formula is C18H21ClN3S+. The Kier molecular flexibility index (Phi) is 4.57. The van der Waals surface area contributed by atoms with Crippen LogP contribution in [-0.2, 0) is 7.05 Å². The quantitative estimate of drug-likeness (QED) is 0.757. The van der Waals surface area contributed by atoms with Gasteiger partial charge in [0.15, 0.2) is 0 Å². The summed E-state index contributed by atoms with van der Waals surface area (Å²) in [6, 6.07) is 8.53. The number of thiazole rings is 1. The van der Waals surface area contributed by atoms with Crippen molar-refractivity contribution < 1.29 is 4.90 Å². The third-order valence-electron chi connectivity index (χ3n) is 4.41. The highest BCUT2D eigenvalue weighted by Gasteiger charge is 2.17. The summed E-state index contributed by atoms with van der Waals surface area (Å²) >= 11 is 1.75. The van der Waals surface area contributed by atoms with Gasteiger partial charge in [-0.3, -0.25) is 0 Å². The summed E-state index contributed by atoms with van der Waals surface area (Å²) in [6.07, 6.45) is 5.71. The molecule has 3 heterocycles. The summed E-state index contributed by atoms with van der Waals surface area (Å²) in [7, 11) is 4.35. The number of aryl methyl sites for hydroxylation is 1. The zero-order chi connectivity index (χ0) is 15.1. The molecule has 0 aliphatic carbocycles. The molecule has 1 aliphatic rings. The number of nitrogens with zero attached hydrogens (tertiary/aromatic N) is 2.